The molecule has 0 fully saturated rings. The average Bonchev–Trinajstić information content (AvgIpc) is 2.58. The average molecular weight is 348 g/mol. The molecule has 6 nitrogen and oxygen atoms in total. The van der Waals surface area contributed by atoms with Gasteiger partial charge in [0, 0.05) is 10.7 Å². The van der Waals surface area contributed by atoms with Crippen molar-refractivity contribution >= 4 is 35.5 Å². The molecule has 2 aromatic carbocycles. The number of ether oxygens (including phenoxy) is 2. The first kappa shape index (κ1) is 17.5. The number of carbonyl (C=O) groups is 3. The second-order valence-corrected chi connectivity index (χ2v) is 5.10. The first-order valence-corrected chi connectivity index (χ1v) is 7.34. The van der Waals surface area contributed by atoms with Crippen LogP contribution in [0.4, 0.5) is 5.69 Å². The van der Waals surface area contributed by atoms with Crippen LogP contribution in [0.5, 0.6) is 5.75 Å². The van der Waals surface area contributed by atoms with Gasteiger partial charge in [-0.1, -0.05) is 29.8 Å². The SMILES string of the molecule is O=Cc1ccccc1OCC(=O)OCC(=O)Nc1cccc(Cl)c1. The molecule has 0 heterocycles. The van der Waals surface area contributed by atoms with Crippen LogP contribution in [-0.4, -0.2) is 31.4 Å². The minimum Gasteiger partial charge on any atom is -0.481 e. The second kappa shape index (κ2) is 8.69. The Morgan fingerprint density at radius 2 is 1.88 bits per heavy atom. The number of hydrogen-bond donors (Lipinski definition) is 1. The van der Waals surface area contributed by atoms with Gasteiger partial charge < -0.3 is 14.8 Å². The molecule has 24 heavy (non-hydrogen) atoms. The van der Waals surface area contributed by atoms with Crippen molar-refractivity contribution in [3.63, 3.8) is 0 Å². The molecular formula is C17H14ClNO5. The molecule has 2 rings (SSSR count). The van der Waals surface area contributed by atoms with Crippen molar-refractivity contribution in [2.45, 2.75) is 0 Å². The zero-order chi connectivity index (χ0) is 17.4. The van der Waals surface area contributed by atoms with E-state index in [2.05, 4.69) is 5.32 Å². The molecule has 0 spiro atoms. The highest BCUT2D eigenvalue weighted by atomic mass is 35.5. The van der Waals surface area contributed by atoms with E-state index in [1.165, 1.54) is 0 Å². The summed E-state index contributed by atoms with van der Waals surface area (Å²) in [7, 11) is 0. The lowest BCUT2D eigenvalue weighted by molar-refractivity contribution is -0.149. The monoisotopic (exact) mass is 347 g/mol. The number of para-hydroxylation sites is 1. The predicted molar refractivity (Wildman–Crippen MR) is 88.4 cm³/mol. The van der Waals surface area contributed by atoms with Crippen molar-refractivity contribution < 1.29 is 23.9 Å². The summed E-state index contributed by atoms with van der Waals surface area (Å²) < 4.78 is 10.0. The first-order valence-electron chi connectivity index (χ1n) is 6.96. The molecule has 0 aliphatic carbocycles. The third-order valence-corrected chi connectivity index (χ3v) is 3.10. The van der Waals surface area contributed by atoms with E-state index >= 15 is 0 Å². The zero-order valence-corrected chi connectivity index (χ0v) is 13.3. The van der Waals surface area contributed by atoms with E-state index in [1.54, 1.807) is 48.5 Å². The van der Waals surface area contributed by atoms with Gasteiger partial charge in [0.25, 0.3) is 5.91 Å². The van der Waals surface area contributed by atoms with Crippen LogP contribution in [0.1, 0.15) is 10.4 Å². The highest BCUT2D eigenvalue weighted by Crippen LogP contribution is 2.16. The van der Waals surface area contributed by atoms with Crippen LogP contribution in [0.3, 0.4) is 0 Å². The molecule has 0 aromatic heterocycles. The Kier molecular flexibility index (Phi) is 6.33. The van der Waals surface area contributed by atoms with E-state index in [1.807, 2.05) is 0 Å². The standard InChI is InChI=1S/C17H14ClNO5/c18-13-5-3-6-14(8-13)19-16(21)10-24-17(22)11-23-15-7-2-1-4-12(15)9-20/h1-9H,10-11H2,(H,19,21). The largest absolute Gasteiger partial charge is 0.481 e. The van der Waals surface area contributed by atoms with Crippen LogP contribution in [0.15, 0.2) is 48.5 Å². The molecule has 1 N–H and O–H groups in total. The number of benzene rings is 2. The van der Waals surface area contributed by atoms with Gasteiger partial charge in [0.1, 0.15) is 5.75 Å². The Morgan fingerprint density at radius 1 is 1.08 bits per heavy atom. The molecule has 0 saturated heterocycles. The van der Waals surface area contributed by atoms with Crippen LogP contribution in [-0.2, 0) is 14.3 Å². The van der Waals surface area contributed by atoms with Gasteiger partial charge in [-0.3, -0.25) is 9.59 Å². The predicted octanol–water partition coefficient (Wildman–Crippen LogP) is 2.71. The van der Waals surface area contributed by atoms with Crippen molar-refractivity contribution in [3.05, 3.63) is 59.1 Å². The quantitative estimate of drug-likeness (QED) is 0.615. The number of aldehydes is 1. The number of anilines is 1. The third kappa shape index (κ3) is 5.40. The number of rotatable bonds is 7. The summed E-state index contributed by atoms with van der Waals surface area (Å²) in [6.07, 6.45) is 0.624. The van der Waals surface area contributed by atoms with Crippen LogP contribution in [0.25, 0.3) is 0 Å². The molecule has 1 amide bonds. The summed E-state index contributed by atoms with van der Waals surface area (Å²) in [6.45, 7) is -0.862. The van der Waals surface area contributed by atoms with Gasteiger partial charge in [-0.2, -0.15) is 0 Å². The minimum atomic E-state index is -0.725. The van der Waals surface area contributed by atoms with E-state index in [9.17, 15) is 14.4 Å². The lowest BCUT2D eigenvalue weighted by Crippen LogP contribution is -2.23. The molecule has 0 atom stereocenters. The Balaban J connectivity index is 1.76. The zero-order valence-electron chi connectivity index (χ0n) is 12.5. The van der Waals surface area contributed by atoms with Gasteiger partial charge in [-0.25, -0.2) is 4.79 Å². The number of carbonyl (C=O) groups excluding carboxylic acids is 3. The summed E-state index contributed by atoms with van der Waals surface area (Å²) in [5.41, 5.74) is 0.823. The summed E-state index contributed by atoms with van der Waals surface area (Å²) in [5, 5.41) is 3.02. The molecule has 0 radical (unpaired) electrons. The smallest absolute Gasteiger partial charge is 0.344 e. The fourth-order valence-corrected chi connectivity index (χ4v) is 1.99. The maximum atomic E-state index is 11.7. The number of halogens is 1. The molecule has 124 valence electrons. The van der Waals surface area contributed by atoms with E-state index in [4.69, 9.17) is 21.1 Å². The Hall–Kier alpha value is -2.86. The van der Waals surface area contributed by atoms with E-state index < -0.39 is 25.1 Å². The first-order chi connectivity index (χ1) is 11.6. The van der Waals surface area contributed by atoms with Gasteiger partial charge in [-0.15, -0.1) is 0 Å². The van der Waals surface area contributed by atoms with Gasteiger partial charge in [0.15, 0.2) is 19.5 Å². The van der Waals surface area contributed by atoms with Crippen molar-refractivity contribution in [1.29, 1.82) is 0 Å². The lowest BCUT2D eigenvalue weighted by atomic mass is 10.2. The second-order valence-electron chi connectivity index (χ2n) is 4.66. The minimum absolute atomic E-state index is 0.271. The molecule has 0 aliphatic rings. The topological polar surface area (TPSA) is 81.7 Å². The van der Waals surface area contributed by atoms with Crippen molar-refractivity contribution in [1.82, 2.24) is 0 Å². The number of nitrogens with one attached hydrogen (secondary N) is 1. The van der Waals surface area contributed by atoms with E-state index in [0.29, 0.717) is 22.6 Å². The molecular weight excluding hydrogens is 334 g/mol. The fourth-order valence-electron chi connectivity index (χ4n) is 1.80. The molecule has 0 aliphatic heterocycles. The number of hydrogen-bond acceptors (Lipinski definition) is 5. The number of amides is 1. The van der Waals surface area contributed by atoms with Crippen LogP contribution in [0, 0.1) is 0 Å². The number of esters is 1. The Bertz CT molecular complexity index is 747. The van der Waals surface area contributed by atoms with Crippen LogP contribution in [0.2, 0.25) is 5.02 Å². The summed E-state index contributed by atoms with van der Waals surface area (Å²) in [5.74, 6) is -0.955. The molecule has 2 aromatic rings. The fraction of sp³-hybridized carbons (Fsp3) is 0.118. The molecule has 0 saturated carbocycles. The van der Waals surface area contributed by atoms with E-state index in [0.717, 1.165) is 0 Å². The lowest BCUT2D eigenvalue weighted by Gasteiger charge is -2.09. The third-order valence-electron chi connectivity index (χ3n) is 2.86. The Morgan fingerprint density at radius 3 is 2.62 bits per heavy atom. The van der Waals surface area contributed by atoms with Crippen molar-refractivity contribution in [2.24, 2.45) is 0 Å². The van der Waals surface area contributed by atoms with Gasteiger partial charge in [0.2, 0.25) is 0 Å². The van der Waals surface area contributed by atoms with Crippen LogP contribution < -0.4 is 10.1 Å². The highest BCUT2D eigenvalue weighted by molar-refractivity contribution is 6.30. The maximum Gasteiger partial charge on any atom is 0.344 e. The summed E-state index contributed by atoms with van der Waals surface area (Å²) >= 11 is 5.80. The highest BCUT2D eigenvalue weighted by Gasteiger charge is 2.10. The molecule has 0 bridgehead atoms. The van der Waals surface area contributed by atoms with Gasteiger partial charge in [-0.05, 0) is 30.3 Å². The van der Waals surface area contributed by atoms with Crippen LogP contribution >= 0.6 is 11.6 Å². The van der Waals surface area contributed by atoms with Crippen molar-refractivity contribution in [3.8, 4) is 5.75 Å². The summed E-state index contributed by atoms with van der Waals surface area (Å²) in [6, 6.07) is 13.1. The van der Waals surface area contributed by atoms with Gasteiger partial charge >= 0.3 is 5.97 Å². The maximum absolute atomic E-state index is 11.7. The van der Waals surface area contributed by atoms with E-state index in [-0.39, 0.29) is 5.75 Å². The summed E-state index contributed by atoms with van der Waals surface area (Å²) in [4.78, 5) is 34.1. The van der Waals surface area contributed by atoms with Crippen molar-refractivity contribution in [2.75, 3.05) is 18.5 Å². The molecule has 0 unspecified atom stereocenters. The normalized spacial score (nSPS) is 9.88. The Labute approximate surface area is 143 Å². The van der Waals surface area contributed by atoms with Gasteiger partial charge in [0.05, 0.1) is 5.56 Å². The molecule has 7 heteroatoms.